The number of nitrogens with one attached hydrogen (secondary N) is 2. The Morgan fingerprint density at radius 1 is 1.18 bits per heavy atom. The number of piperazine rings is 1. The molecule has 1 aliphatic heterocycles. The van der Waals surface area contributed by atoms with Crippen molar-refractivity contribution in [3.8, 4) is 0 Å². The van der Waals surface area contributed by atoms with Gasteiger partial charge in [-0.25, -0.2) is 4.79 Å². The smallest absolute Gasteiger partial charge is 0.314 e. The normalized spacial score (nSPS) is 23.9. The highest BCUT2D eigenvalue weighted by Gasteiger charge is 2.34. The zero-order valence-corrected chi connectivity index (χ0v) is 14.3. The van der Waals surface area contributed by atoms with Crippen molar-refractivity contribution < 1.29 is 9.90 Å². The Morgan fingerprint density at radius 3 is 2.32 bits per heavy atom. The predicted octanol–water partition coefficient (Wildman–Crippen LogP) is 0.473. The third-order valence-corrected chi connectivity index (χ3v) is 5.11. The topological polar surface area (TPSA) is 67.8 Å². The molecule has 1 unspecified atom stereocenters. The van der Waals surface area contributed by atoms with Crippen LogP contribution in [0.15, 0.2) is 0 Å². The zero-order valence-electron chi connectivity index (χ0n) is 14.3. The van der Waals surface area contributed by atoms with Gasteiger partial charge in [-0.2, -0.15) is 0 Å². The highest BCUT2D eigenvalue weighted by atomic mass is 16.3. The maximum absolute atomic E-state index is 11.9. The van der Waals surface area contributed by atoms with Crippen molar-refractivity contribution >= 4 is 6.03 Å². The second-order valence-electron chi connectivity index (χ2n) is 7.29. The number of hydrogen-bond acceptors (Lipinski definition) is 4. The molecule has 0 spiro atoms. The first-order chi connectivity index (χ1) is 10.4. The minimum absolute atomic E-state index is 0.167. The number of carbonyl (C=O) groups excluding carboxylic acids is 1. The molecule has 1 aliphatic carbocycles. The molecule has 0 aromatic heterocycles. The summed E-state index contributed by atoms with van der Waals surface area (Å²) in [7, 11) is 2.15. The minimum Gasteiger partial charge on any atom is -0.388 e. The number of amides is 2. The third kappa shape index (κ3) is 4.83. The molecule has 0 bridgehead atoms. The van der Waals surface area contributed by atoms with Gasteiger partial charge in [-0.05, 0) is 32.2 Å². The monoisotopic (exact) mass is 312 g/mol. The van der Waals surface area contributed by atoms with Gasteiger partial charge in [0.1, 0.15) is 0 Å². The van der Waals surface area contributed by atoms with Crippen LogP contribution in [0.25, 0.3) is 0 Å². The Bertz CT molecular complexity index is 363. The van der Waals surface area contributed by atoms with Crippen molar-refractivity contribution in [2.45, 2.75) is 44.8 Å². The third-order valence-electron chi connectivity index (χ3n) is 5.11. The van der Waals surface area contributed by atoms with Crippen LogP contribution >= 0.6 is 0 Å². The van der Waals surface area contributed by atoms with Crippen LogP contribution in [0.4, 0.5) is 4.79 Å². The van der Waals surface area contributed by atoms with Crippen molar-refractivity contribution in [1.82, 2.24) is 20.4 Å². The van der Waals surface area contributed by atoms with Gasteiger partial charge in [0.15, 0.2) is 0 Å². The lowest BCUT2D eigenvalue weighted by atomic mass is 9.80. The zero-order chi connectivity index (χ0) is 16.2. The molecule has 0 aromatic carbocycles. The van der Waals surface area contributed by atoms with Gasteiger partial charge in [0, 0.05) is 45.3 Å². The van der Waals surface area contributed by atoms with E-state index >= 15 is 0 Å². The first-order valence-corrected chi connectivity index (χ1v) is 8.56. The molecule has 2 aliphatic rings. The fourth-order valence-corrected chi connectivity index (χ4v) is 3.21. The predicted molar refractivity (Wildman–Crippen MR) is 87.9 cm³/mol. The van der Waals surface area contributed by atoms with E-state index in [2.05, 4.69) is 41.3 Å². The lowest BCUT2D eigenvalue weighted by Crippen LogP contribution is -2.56. The lowest BCUT2D eigenvalue weighted by Gasteiger charge is -2.40. The minimum atomic E-state index is -0.660. The number of aliphatic hydroxyl groups is 1. The molecule has 1 heterocycles. The fraction of sp³-hybridized carbons (Fsp3) is 0.938. The highest BCUT2D eigenvalue weighted by Crippen LogP contribution is 2.30. The van der Waals surface area contributed by atoms with Gasteiger partial charge in [0.2, 0.25) is 0 Å². The SMILES string of the molecule is CC(C)C(CNC(=O)NCC1(O)CCC1)N1CCN(C)CC1. The van der Waals surface area contributed by atoms with Crippen molar-refractivity contribution in [2.75, 3.05) is 46.3 Å². The maximum Gasteiger partial charge on any atom is 0.314 e. The molecular weight excluding hydrogens is 280 g/mol. The number of hydrogen-bond donors (Lipinski definition) is 3. The molecule has 1 saturated heterocycles. The summed E-state index contributed by atoms with van der Waals surface area (Å²) in [4.78, 5) is 16.7. The highest BCUT2D eigenvalue weighted by molar-refractivity contribution is 5.73. The van der Waals surface area contributed by atoms with E-state index in [1.165, 1.54) is 0 Å². The summed E-state index contributed by atoms with van der Waals surface area (Å²) in [6.45, 7) is 9.72. The molecule has 2 rings (SSSR count). The summed E-state index contributed by atoms with van der Waals surface area (Å²) in [5, 5.41) is 15.8. The van der Waals surface area contributed by atoms with Crippen LogP contribution in [0, 0.1) is 5.92 Å². The maximum atomic E-state index is 11.9. The van der Waals surface area contributed by atoms with E-state index in [0.717, 1.165) is 45.4 Å². The Labute approximate surface area is 134 Å². The molecular formula is C16H32N4O2. The van der Waals surface area contributed by atoms with Crippen LogP contribution in [-0.2, 0) is 0 Å². The summed E-state index contributed by atoms with van der Waals surface area (Å²) in [5.74, 6) is 0.500. The van der Waals surface area contributed by atoms with Crippen LogP contribution in [0.5, 0.6) is 0 Å². The van der Waals surface area contributed by atoms with E-state index in [0.29, 0.717) is 25.0 Å². The molecule has 2 amide bonds. The summed E-state index contributed by atoms with van der Waals surface area (Å²) >= 11 is 0. The van der Waals surface area contributed by atoms with Gasteiger partial charge < -0.3 is 20.6 Å². The van der Waals surface area contributed by atoms with E-state index < -0.39 is 5.60 Å². The number of urea groups is 1. The first kappa shape index (κ1) is 17.5. The molecule has 6 heteroatoms. The molecule has 2 fully saturated rings. The molecule has 6 nitrogen and oxygen atoms in total. The van der Waals surface area contributed by atoms with Crippen molar-refractivity contribution in [3.05, 3.63) is 0 Å². The summed E-state index contributed by atoms with van der Waals surface area (Å²) in [6, 6.07) is 0.200. The Morgan fingerprint density at radius 2 is 1.82 bits per heavy atom. The average Bonchev–Trinajstić information content (AvgIpc) is 2.45. The van der Waals surface area contributed by atoms with Gasteiger partial charge in [0.25, 0.3) is 0 Å². The second kappa shape index (κ2) is 7.62. The molecule has 1 atom stereocenters. The summed E-state index contributed by atoms with van der Waals surface area (Å²) in [6.07, 6.45) is 2.64. The van der Waals surface area contributed by atoms with Gasteiger partial charge in [-0.3, -0.25) is 4.90 Å². The van der Waals surface area contributed by atoms with E-state index in [1.54, 1.807) is 0 Å². The molecule has 3 N–H and O–H groups in total. The van der Waals surface area contributed by atoms with Crippen LogP contribution in [0.2, 0.25) is 0 Å². The largest absolute Gasteiger partial charge is 0.388 e. The molecule has 22 heavy (non-hydrogen) atoms. The first-order valence-electron chi connectivity index (χ1n) is 8.56. The second-order valence-corrected chi connectivity index (χ2v) is 7.29. The van der Waals surface area contributed by atoms with E-state index in [9.17, 15) is 9.90 Å². The van der Waals surface area contributed by atoms with Crippen molar-refractivity contribution in [2.24, 2.45) is 5.92 Å². The molecule has 0 radical (unpaired) electrons. The quantitative estimate of drug-likeness (QED) is 0.667. The molecule has 128 valence electrons. The van der Waals surface area contributed by atoms with E-state index in [4.69, 9.17) is 0 Å². The molecule has 0 aromatic rings. The van der Waals surface area contributed by atoms with Gasteiger partial charge in [0.05, 0.1) is 5.60 Å². The number of nitrogens with zero attached hydrogens (tertiary/aromatic N) is 2. The fourth-order valence-electron chi connectivity index (χ4n) is 3.21. The van der Waals surface area contributed by atoms with Gasteiger partial charge in [-0.1, -0.05) is 13.8 Å². The van der Waals surface area contributed by atoms with Crippen LogP contribution in [0.1, 0.15) is 33.1 Å². The Kier molecular flexibility index (Phi) is 6.06. The van der Waals surface area contributed by atoms with Crippen molar-refractivity contribution in [1.29, 1.82) is 0 Å². The van der Waals surface area contributed by atoms with E-state index in [1.807, 2.05) is 0 Å². The lowest BCUT2D eigenvalue weighted by molar-refractivity contribution is -0.0290. The summed E-state index contributed by atoms with van der Waals surface area (Å²) < 4.78 is 0. The average molecular weight is 312 g/mol. The van der Waals surface area contributed by atoms with Gasteiger partial charge in [-0.15, -0.1) is 0 Å². The summed E-state index contributed by atoms with van der Waals surface area (Å²) in [5.41, 5.74) is -0.660. The van der Waals surface area contributed by atoms with Crippen LogP contribution in [0.3, 0.4) is 0 Å². The van der Waals surface area contributed by atoms with E-state index in [-0.39, 0.29) is 6.03 Å². The number of rotatable bonds is 6. The van der Waals surface area contributed by atoms with Gasteiger partial charge >= 0.3 is 6.03 Å². The van der Waals surface area contributed by atoms with Crippen LogP contribution < -0.4 is 10.6 Å². The van der Waals surface area contributed by atoms with Crippen LogP contribution in [-0.4, -0.2) is 78.9 Å². The number of likely N-dealkylation sites (N-methyl/N-ethyl adjacent to an activating group) is 1. The molecule has 1 saturated carbocycles. The Balaban J connectivity index is 1.72. The van der Waals surface area contributed by atoms with Crippen molar-refractivity contribution in [3.63, 3.8) is 0 Å². The number of carbonyl (C=O) groups is 1. The Hall–Kier alpha value is -0.850. The standard InChI is InChI=1S/C16H32N4O2/c1-13(2)14(20-9-7-19(3)8-10-20)11-17-15(21)18-12-16(22)5-4-6-16/h13-14,22H,4-12H2,1-3H3,(H2,17,18,21).